The van der Waals surface area contributed by atoms with Crippen molar-refractivity contribution in [3.8, 4) is 0 Å². The van der Waals surface area contributed by atoms with Crippen LogP contribution in [0.2, 0.25) is 0 Å². The van der Waals surface area contributed by atoms with Crippen LogP contribution in [0.3, 0.4) is 0 Å². The van der Waals surface area contributed by atoms with Crippen LogP contribution in [0, 0.1) is 17.8 Å². The number of amides is 1. The summed E-state index contributed by atoms with van der Waals surface area (Å²) in [6.07, 6.45) is 6.36. The molecule has 20 heavy (non-hydrogen) atoms. The summed E-state index contributed by atoms with van der Waals surface area (Å²) in [6, 6.07) is 6.52. The minimum Gasteiger partial charge on any atom is -0.478 e. The number of carbonyl (C=O) groups is 2. The van der Waals surface area contributed by atoms with Crippen LogP contribution < -0.4 is 4.90 Å². The van der Waals surface area contributed by atoms with Crippen LogP contribution in [-0.2, 0) is 4.79 Å². The molecule has 2 aliphatic carbocycles. The number of carbonyl (C=O) groups excluding carboxylic acids is 1. The molecule has 0 heterocycles. The zero-order valence-electron chi connectivity index (χ0n) is 11.3. The first kappa shape index (κ1) is 12.9. The highest BCUT2D eigenvalue weighted by Crippen LogP contribution is 2.44. The van der Waals surface area contributed by atoms with Gasteiger partial charge in [0.25, 0.3) is 0 Å². The van der Waals surface area contributed by atoms with E-state index in [-0.39, 0.29) is 17.4 Å². The van der Waals surface area contributed by atoms with Crippen molar-refractivity contribution in [1.82, 2.24) is 0 Å². The molecule has 4 nitrogen and oxygen atoms in total. The number of carboxylic acid groups (broad SMARTS) is 1. The molecule has 2 bridgehead atoms. The van der Waals surface area contributed by atoms with Crippen LogP contribution in [0.5, 0.6) is 0 Å². The lowest BCUT2D eigenvalue weighted by Gasteiger charge is -2.25. The summed E-state index contributed by atoms with van der Waals surface area (Å²) in [5.41, 5.74) is 0.844. The molecule has 1 fully saturated rings. The Hall–Kier alpha value is -2.10. The number of anilines is 1. The Balaban J connectivity index is 1.80. The first-order chi connectivity index (χ1) is 9.56. The Kier molecular flexibility index (Phi) is 3.08. The number of benzene rings is 1. The van der Waals surface area contributed by atoms with E-state index >= 15 is 0 Å². The van der Waals surface area contributed by atoms with Gasteiger partial charge in [-0.15, -0.1) is 0 Å². The molecule has 1 saturated carbocycles. The summed E-state index contributed by atoms with van der Waals surface area (Å²) in [5.74, 6) is 0.0636. The van der Waals surface area contributed by atoms with E-state index in [0.29, 0.717) is 17.5 Å². The van der Waals surface area contributed by atoms with Gasteiger partial charge in [-0.2, -0.15) is 0 Å². The minimum absolute atomic E-state index is 0.0449. The quantitative estimate of drug-likeness (QED) is 0.859. The third kappa shape index (κ3) is 2.11. The van der Waals surface area contributed by atoms with Gasteiger partial charge in [-0.05, 0) is 42.9 Å². The summed E-state index contributed by atoms with van der Waals surface area (Å²) >= 11 is 0. The summed E-state index contributed by atoms with van der Waals surface area (Å²) in [7, 11) is 1.72. The number of allylic oxidation sites excluding steroid dienone is 2. The largest absolute Gasteiger partial charge is 0.478 e. The van der Waals surface area contributed by atoms with Gasteiger partial charge >= 0.3 is 5.97 Å². The first-order valence-corrected chi connectivity index (χ1v) is 6.85. The Bertz CT molecular complexity index is 593. The second-order valence-electron chi connectivity index (χ2n) is 5.64. The highest BCUT2D eigenvalue weighted by Gasteiger charge is 2.41. The van der Waals surface area contributed by atoms with Crippen molar-refractivity contribution in [1.29, 1.82) is 0 Å². The molecule has 3 atom stereocenters. The van der Waals surface area contributed by atoms with Gasteiger partial charge in [0.1, 0.15) is 0 Å². The lowest BCUT2D eigenvalue weighted by Crippen LogP contribution is -2.34. The van der Waals surface area contributed by atoms with E-state index < -0.39 is 5.97 Å². The van der Waals surface area contributed by atoms with Crippen molar-refractivity contribution in [2.24, 2.45) is 17.8 Å². The predicted molar refractivity (Wildman–Crippen MR) is 75.7 cm³/mol. The van der Waals surface area contributed by atoms with Crippen molar-refractivity contribution in [3.05, 3.63) is 42.0 Å². The number of carboxylic acids is 1. The maximum absolute atomic E-state index is 12.6. The predicted octanol–water partition coefficient (Wildman–Crippen LogP) is 2.56. The van der Waals surface area contributed by atoms with E-state index in [1.807, 2.05) is 0 Å². The highest BCUT2D eigenvalue weighted by molar-refractivity contribution is 5.97. The van der Waals surface area contributed by atoms with Crippen LogP contribution in [0.25, 0.3) is 0 Å². The highest BCUT2D eigenvalue weighted by atomic mass is 16.4. The third-order valence-corrected chi connectivity index (χ3v) is 4.41. The van der Waals surface area contributed by atoms with E-state index in [1.165, 1.54) is 6.07 Å². The SMILES string of the molecule is CN(C(=O)C1CC2C=CC1C2)c1cccc(C(=O)O)c1. The summed E-state index contributed by atoms with van der Waals surface area (Å²) in [4.78, 5) is 25.1. The standard InChI is InChI=1S/C16H17NO3/c1-17(13-4-2-3-12(9-13)16(19)20)15(18)14-8-10-5-6-11(14)7-10/h2-6,9-11,14H,7-8H2,1H3,(H,19,20). The van der Waals surface area contributed by atoms with E-state index in [2.05, 4.69) is 12.2 Å². The second-order valence-corrected chi connectivity index (χ2v) is 5.64. The normalized spacial score (nSPS) is 26.8. The average Bonchev–Trinajstić information content (AvgIpc) is 3.08. The van der Waals surface area contributed by atoms with E-state index in [9.17, 15) is 9.59 Å². The maximum atomic E-state index is 12.6. The zero-order chi connectivity index (χ0) is 14.3. The molecule has 1 aromatic rings. The van der Waals surface area contributed by atoms with E-state index in [4.69, 9.17) is 5.11 Å². The van der Waals surface area contributed by atoms with Crippen molar-refractivity contribution >= 4 is 17.6 Å². The van der Waals surface area contributed by atoms with Gasteiger partial charge in [0.2, 0.25) is 5.91 Å². The molecule has 0 saturated heterocycles. The molecule has 3 rings (SSSR count). The molecule has 104 valence electrons. The van der Waals surface area contributed by atoms with Crippen LogP contribution in [0.1, 0.15) is 23.2 Å². The minimum atomic E-state index is -0.976. The number of rotatable bonds is 3. The summed E-state index contributed by atoms with van der Waals surface area (Å²) < 4.78 is 0. The van der Waals surface area contributed by atoms with E-state index in [1.54, 1.807) is 30.1 Å². The van der Waals surface area contributed by atoms with Gasteiger partial charge in [-0.3, -0.25) is 4.79 Å². The maximum Gasteiger partial charge on any atom is 0.335 e. The summed E-state index contributed by atoms with van der Waals surface area (Å²) in [6.45, 7) is 0. The van der Waals surface area contributed by atoms with Crippen LogP contribution >= 0.6 is 0 Å². The zero-order valence-corrected chi connectivity index (χ0v) is 11.3. The number of nitrogens with zero attached hydrogens (tertiary/aromatic N) is 1. The number of fused-ring (bicyclic) bond motifs is 2. The van der Waals surface area contributed by atoms with Crippen LogP contribution in [0.15, 0.2) is 36.4 Å². The molecule has 1 N–H and O–H groups in total. The van der Waals surface area contributed by atoms with E-state index in [0.717, 1.165) is 12.8 Å². The topological polar surface area (TPSA) is 57.6 Å². The second kappa shape index (κ2) is 4.78. The van der Waals surface area contributed by atoms with Gasteiger partial charge in [-0.25, -0.2) is 4.79 Å². The molecule has 3 unspecified atom stereocenters. The van der Waals surface area contributed by atoms with Crippen molar-refractivity contribution in [3.63, 3.8) is 0 Å². The molecular formula is C16H17NO3. The Labute approximate surface area is 117 Å². The number of hydrogen-bond donors (Lipinski definition) is 1. The first-order valence-electron chi connectivity index (χ1n) is 6.85. The van der Waals surface area contributed by atoms with Gasteiger partial charge in [-0.1, -0.05) is 18.2 Å². The van der Waals surface area contributed by atoms with Gasteiger partial charge in [0, 0.05) is 18.7 Å². The molecule has 1 aromatic carbocycles. The molecule has 0 aromatic heterocycles. The number of hydrogen-bond acceptors (Lipinski definition) is 2. The van der Waals surface area contributed by atoms with Gasteiger partial charge in [0.05, 0.1) is 5.56 Å². The smallest absolute Gasteiger partial charge is 0.335 e. The Morgan fingerprint density at radius 1 is 1.25 bits per heavy atom. The van der Waals surface area contributed by atoms with Crippen LogP contribution in [0.4, 0.5) is 5.69 Å². The van der Waals surface area contributed by atoms with Crippen molar-refractivity contribution in [2.75, 3.05) is 11.9 Å². The fourth-order valence-corrected chi connectivity index (χ4v) is 3.29. The molecule has 2 aliphatic rings. The van der Waals surface area contributed by atoms with Crippen molar-refractivity contribution < 1.29 is 14.7 Å². The summed E-state index contributed by atoms with van der Waals surface area (Å²) in [5, 5.41) is 9.01. The van der Waals surface area contributed by atoms with Crippen LogP contribution in [-0.4, -0.2) is 24.0 Å². The lowest BCUT2D eigenvalue weighted by molar-refractivity contribution is -0.122. The Morgan fingerprint density at radius 2 is 2.05 bits per heavy atom. The average molecular weight is 271 g/mol. The lowest BCUT2D eigenvalue weighted by atomic mass is 9.92. The van der Waals surface area contributed by atoms with Crippen molar-refractivity contribution in [2.45, 2.75) is 12.8 Å². The molecule has 1 amide bonds. The fraction of sp³-hybridized carbons (Fsp3) is 0.375. The fourth-order valence-electron chi connectivity index (χ4n) is 3.29. The monoisotopic (exact) mass is 271 g/mol. The third-order valence-electron chi connectivity index (χ3n) is 4.41. The molecule has 0 aliphatic heterocycles. The molecule has 0 radical (unpaired) electrons. The Morgan fingerprint density at radius 3 is 2.65 bits per heavy atom. The molecular weight excluding hydrogens is 254 g/mol. The molecule has 4 heteroatoms. The number of aromatic carboxylic acids is 1. The van der Waals surface area contributed by atoms with Gasteiger partial charge in [0.15, 0.2) is 0 Å². The van der Waals surface area contributed by atoms with Gasteiger partial charge < -0.3 is 10.0 Å². The molecule has 0 spiro atoms.